The Kier molecular flexibility index (Phi) is 9.13. The third-order valence-electron chi connectivity index (χ3n) is 4.03. The van der Waals surface area contributed by atoms with Gasteiger partial charge in [0.25, 0.3) is 10.2 Å². The highest BCUT2D eigenvalue weighted by atomic mass is 32.2. The summed E-state index contributed by atoms with van der Waals surface area (Å²) in [6.45, 7) is 5.30. The number of hydrogen-bond donors (Lipinski definition) is 4. The van der Waals surface area contributed by atoms with Crippen molar-refractivity contribution in [1.29, 1.82) is 0 Å². The number of carbonyl (C=O) groups excluding carboxylic acids is 2. The van der Waals surface area contributed by atoms with E-state index in [1.165, 1.54) is 11.3 Å². The van der Waals surface area contributed by atoms with E-state index in [2.05, 4.69) is 20.3 Å². The molecule has 0 unspecified atom stereocenters. The molecule has 5 N–H and O–H groups in total. The van der Waals surface area contributed by atoms with Gasteiger partial charge in [0.15, 0.2) is 5.13 Å². The monoisotopic (exact) mass is 483 g/mol. The Hall–Kier alpha value is -2.54. The van der Waals surface area contributed by atoms with Crippen molar-refractivity contribution in [2.75, 3.05) is 11.9 Å². The number of nitrogens with two attached hydrogens (primary N) is 1. The van der Waals surface area contributed by atoms with E-state index in [9.17, 15) is 18.0 Å². The number of anilines is 1. The average molecular weight is 484 g/mol. The van der Waals surface area contributed by atoms with Gasteiger partial charge in [0.05, 0.1) is 5.69 Å². The zero-order valence-corrected chi connectivity index (χ0v) is 19.9. The van der Waals surface area contributed by atoms with Gasteiger partial charge in [-0.25, -0.2) is 19.6 Å². The van der Waals surface area contributed by atoms with Gasteiger partial charge < -0.3 is 15.4 Å². The molecular formula is C20H29N5O5S2. The lowest BCUT2D eigenvalue weighted by atomic mass is 10.1. The minimum Gasteiger partial charge on any atom is -0.444 e. The van der Waals surface area contributed by atoms with E-state index in [4.69, 9.17) is 9.88 Å². The fraction of sp³-hybridized carbons (Fsp3) is 0.450. The molecule has 176 valence electrons. The third-order valence-corrected chi connectivity index (χ3v) is 5.40. The summed E-state index contributed by atoms with van der Waals surface area (Å²) in [5, 5.41) is 12.4. The van der Waals surface area contributed by atoms with Crippen molar-refractivity contribution in [2.24, 2.45) is 5.14 Å². The number of amides is 2. The highest BCUT2D eigenvalue weighted by Crippen LogP contribution is 2.24. The van der Waals surface area contributed by atoms with Crippen molar-refractivity contribution in [2.45, 2.75) is 51.7 Å². The Balaban J connectivity index is 2.00. The second kappa shape index (κ2) is 11.4. The Labute approximate surface area is 192 Å². The third kappa shape index (κ3) is 9.73. The standard InChI is InChI=1S/C20H29N5O5S2/c1-20(2,3)30-19(27)24-15(11-7-8-12-22-32(21,28)29)17(26)25-18-23-16(13-31-18)14-9-5-4-6-10-14/h4-6,9-10,13,15,22H,7-8,11-12H2,1-3H3,(H,24,27)(H2,21,28,29)(H,23,25,26)/t15-/m0/s1. The van der Waals surface area contributed by atoms with Crippen LogP contribution in [0.1, 0.15) is 40.0 Å². The molecule has 1 atom stereocenters. The molecular weight excluding hydrogens is 454 g/mol. The second-order valence-corrected chi connectivity index (χ2v) is 10.3. The summed E-state index contributed by atoms with van der Waals surface area (Å²) >= 11 is 1.28. The van der Waals surface area contributed by atoms with E-state index in [0.29, 0.717) is 18.0 Å². The Bertz CT molecular complexity index is 1000. The average Bonchev–Trinajstić information content (AvgIpc) is 3.13. The van der Waals surface area contributed by atoms with Crippen LogP contribution in [0.25, 0.3) is 11.3 Å². The largest absolute Gasteiger partial charge is 0.444 e. The van der Waals surface area contributed by atoms with Crippen molar-refractivity contribution in [3.63, 3.8) is 0 Å². The summed E-state index contributed by atoms with van der Waals surface area (Å²) in [6.07, 6.45) is 0.452. The van der Waals surface area contributed by atoms with E-state index < -0.39 is 33.9 Å². The number of thiazole rings is 1. The first kappa shape index (κ1) is 25.7. The molecule has 0 fully saturated rings. The van der Waals surface area contributed by atoms with Gasteiger partial charge in [-0.2, -0.15) is 8.42 Å². The number of nitrogens with zero attached hydrogens (tertiary/aromatic N) is 1. The Morgan fingerprint density at radius 3 is 2.50 bits per heavy atom. The lowest BCUT2D eigenvalue weighted by Crippen LogP contribution is -2.45. The summed E-state index contributed by atoms with van der Waals surface area (Å²) in [4.78, 5) is 29.5. The summed E-state index contributed by atoms with van der Waals surface area (Å²) in [7, 11) is -3.77. The van der Waals surface area contributed by atoms with Gasteiger partial charge in [-0.1, -0.05) is 30.3 Å². The summed E-state index contributed by atoms with van der Waals surface area (Å²) in [6, 6.07) is 8.66. The Morgan fingerprint density at radius 2 is 1.88 bits per heavy atom. The molecule has 0 bridgehead atoms. The van der Waals surface area contributed by atoms with Gasteiger partial charge in [0.2, 0.25) is 5.91 Å². The zero-order valence-electron chi connectivity index (χ0n) is 18.3. The minimum absolute atomic E-state index is 0.131. The highest BCUT2D eigenvalue weighted by molar-refractivity contribution is 7.87. The normalized spacial score (nSPS) is 12.8. The number of carbonyl (C=O) groups is 2. The molecule has 0 saturated heterocycles. The number of nitrogens with one attached hydrogen (secondary N) is 3. The second-order valence-electron chi connectivity index (χ2n) is 8.03. The summed E-state index contributed by atoms with van der Waals surface area (Å²) < 4.78 is 29.3. The van der Waals surface area contributed by atoms with Gasteiger partial charge >= 0.3 is 6.09 Å². The number of ether oxygens (including phenoxy) is 1. The molecule has 2 amide bonds. The number of rotatable bonds is 10. The van der Waals surface area contributed by atoms with Gasteiger partial charge in [-0.3, -0.25) is 4.79 Å². The van der Waals surface area contributed by atoms with Crippen molar-refractivity contribution < 1.29 is 22.7 Å². The lowest BCUT2D eigenvalue weighted by Gasteiger charge is -2.23. The maximum Gasteiger partial charge on any atom is 0.408 e. The molecule has 0 aliphatic carbocycles. The van der Waals surface area contributed by atoms with E-state index in [1.807, 2.05) is 35.7 Å². The molecule has 2 rings (SSSR count). The lowest BCUT2D eigenvalue weighted by molar-refractivity contribution is -0.118. The van der Waals surface area contributed by atoms with Crippen LogP contribution in [0.15, 0.2) is 35.7 Å². The fourth-order valence-corrected chi connectivity index (χ4v) is 3.82. The molecule has 2 aromatic rings. The SMILES string of the molecule is CC(C)(C)OC(=O)N[C@@H](CCCCNS(N)(=O)=O)C(=O)Nc1nc(-c2ccccc2)cs1. The van der Waals surface area contributed by atoms with Crippen LogP contribution in [0.3, 0.4) is 0 Å². The fourth-order valence-electron chi connectivity index (χ4n) is 2.67. The van der Waals surface area contributed by atoms with E-state index in [-0.39, 0.29) is 13.0 Å². The molecule has 1 aromatic carbocycles. The van der Waals surface area contributed by atoms with E-state index in [0.717, 1.165) is 11.3 Å². The van der Waals surface area contributed by atoms with Crippen LogP contribution in [0, 0.1) is 0 Å². The van der Waals surface area contributed by atoms with Crippen LogP contribution in [-0.4, -0.2) is 43.6 Å². The molecule has 32 heavy (non-hydrogen) atoms. The first-order valence-corrected chi connectivity index (χ1v) is 12.4. The maximum absolute atomic E-state index is 12.8. The number of unbranched alkanes of at least 4 members (excludes halogenated alkanes) is 1. The van der Waals surface area contributed by atoms with Crippen LogP contribution >= 0.6 is 11.3 Å². The first-order valence-electron chi connectivity index (χ1n) is 10.0. The summed E-state index contributed by atoms with van der Waals surface area (Å²) in [5.74, 6) is -0.441. The van der Waals surface area contributed by atoms with Crippen LogP contribution in [0.5, 0.6) is 0 Å². The minimum atomic E-state index is -3.77. The predicted octanol–water partition coefficient (Wildman–Crippen LogP) is 2.61. The number of aromatic nitrogens is 1. The van der Waals surface area contributed by atoms with Crippen LogP contribution in [0.2, 0.25) is 0 Å². The molecule has 0 saturated carbocycles. The number of alkyl carbamates (subject to hydrolysis) is 1. The van der Waals surface area contributed by atoms with Gasteiger partial charge in [0.1, 0.15) is 11.6 Å². The van der Waals surface area contributed by atoms with Crippen molar-refractivity contribution >= 4 is 38.7 Å². The van der Waals surface area contributed by atoms with Gasteiger partial charge in [-0.15, -0.1) is 11.3 Å². The first-order chi connectivity index (χ1) is 14.9. The highest BCUT2D eigenvalue weighted by Gasteiger charge is 2.25. The van der Waals surface area contributed by atoms with Crippen LogP contribution in [0.4, 0.5) is 9.93 Å². The maximum atomic E-state index is 12.8. The summed E-state index contributed by atoms with van der Waals surface area (Å²) in [5.41, 5.74) is 0.941. The van der Waals surface area contributed by atoms with Crippen molar-refractivity contribution in [3.05, 3.63) is 35.7 Å². The number of benzene rings is 1. The molecule has 0 aliphatic heterocycles. The van der Waals surface area contributed by atoms with E-state index in [1.54, 1.807) is 20.8 Å². The molecule has 1 aromatic heterocycles. The molecule has 0 aliphatic rings. The molecule has 12 heteroatoms. The van der Waals surface area contributed by atoms with Crippen LogP contribution < -0.4 is 20.5 Å². The smallest absolute Gasteiger partial charge is 0.408 e. The van der Waals surface area contributed by atoms with Crippen LogP contribution in [-0.2, 0) is 19.7 Å². The van der Waals surface area contributed by atoms with Crippen molar-refractivity contribution in [1.82, 2.24) is 15.0 Å². The zero-order chi connectivity index (χ0) is 23.8. The molecule has 10 nitrogen and oxygen atoms in total. The van der Waals surface area contributed by atoms with Crippen molar-refractivity contribution in [3.8, 4) is 11.3 Å². The molecule has 1 heterocycles. The predicted molar refractivity (Wildman–Crippen MR) is 124 cm³/mol. The molecule has 0 radical (unpaired) electrons. The van der Waals surface area contributed by atoms with Gasteiger partial charge in [0, 0.05) is 17.5 Å². The Morgan fingerprint density at radius 1 is 1.19 bits per heavy atom. The quantitative estimate of drug-likeness (QED) is 0.381. The van der Waals surface area contributed by atoms with E-state index >= 15 is 0 Å². The topological polar surface area (TPSA) is 153 Å². The molecule has 0 spiro atoms. The van der Waals surface area contributed by atoms with Gasteiger partial charge in [-0.05, 0) is 40.0 Å². The number of hydrogen-bond acceptors (Lipinski definition) is 7.